The molecule has 0 aliphatic heterocycles. The van der Waals surface area contributed by atoms with E-state index >= 15 is 0 Å². The normalized spacial score (nSPS) is 10.5. The topological polar surface area (TPSA) is 71.5 Å². The number of aliphatic hydroxyl groups excluding tert-OH is 1. The number of benzene rings is 2. The van der Waals surface area contributed by atoms with Crippen molar-refractivity contribution < 1.29 is 14.6 Å². The minimum absolute atomic E-state index is 0.0824. The van der Waals surface area contributed by atoms with Crippen molar-refractivity contribution in [2.75, 3.05) is 5.32 Å². The number of nitrogens with zero attached hydrogens (tertiary/aromatic N) is 1. The number of nitrogens with one attached hydrogen (secondary N) is 1. The van der Waals surface area contributed by atoms with Gasteiger partial charge >= 0.3 is 6.09 Å². The molecule has 5 heteroatoms. The number of hydrogen-bond donors (Lipinski definition) is 2. The predicted octanol–water partition coefficient (Wildman–Crippen LogP) is 3.48. The maximum absolute atomic E-state index is 12.0. The minimum Gasteiger partial charge on any atom is -0.444 e. The number of carbonyl (C=O) groups is 1. The minimum atomic E-state index is -0.544. The zero-order valence-electron chi connectivity index (χ0n) is 12.4. The van der Waals surface area contributed by atoms with Crippen molar-refractivity contribution in [3.8, 4) is 0 Å². The molecule has 1 amide bonds. The molecule has 0 bridgehead atoms. The lowest BCUT2D eigenvalue weighted by Gasteiger charge is -2.11. The third-order valence-corrected chi connectivity index (χ3v) is 3.48. The van der Waals surface area contributed by atoms with Crippen LogP contribution in [0.4, 0.5) is 10.5 Å². The Balaban J connectivity index is 1.75. The molecule has 2 aromatic carbocycles. The molecule has 1 aromatic heterocycles. The van der Waals surface area contributed by atoms with Crippen molar-refractivity contribution in [3.63, 3.8) is 0 Å². The molecule has 5 nitrogen and oxygen atoms in total. The van der Waals surface area contributed by atoms with E-state index in [1.165, 1.54) is 0 Å². The molecule has 1 heterocycles. The summed E-state index contributed by atoms with van der Waals surface area (Å²) in [5.74, 6) is 0. The number of ether oxygens (including phenoxy) is 1. The molecule has 0 aliphatic carbocycles. The van der Waals surface area contributed by atoms with E-state index < -0.39 is 6.09 Å². The molecular formula is C18H16N2O3. The van der Waals surface area contributed by atoms with E-state index in [1.807, 2.05) is 36.4 Å². The highest BCUT2D eigenvalue weighted by atomic mass is 16.5. The molecule has 0 saturated heterocycles. The van der Waals surface area contributed by atoms with Crippen LogP contribution in [0.2, 0.25) is 0 Å². The molecule has 0 aliphatic rings. The number of pyridine rings is 1. The summed E-state index contributed by atoms with van der Waals surface area (Å²) < 4.78 is 5.21. The van der Waals surface area contributed by atoms with Crippen molar-refractivity contribution in [2.45, 2.75) is 13.2 Å². The number of hydrogen-bond acceptors (Lipinski definition) is 4. The van der Waals surface area contributed by atoms with E-state index in [1.54, 1.807) is 24.4 Å². The average molecular weight is 308 g/mol. The molecule has 116 valence electrons. The summed E-state index contributed by atoms with van der Waals surface area (Å²) in [6, 6.07) is 16.6. The molecule has 0 radical (unpaired) electrons. The van der Waals surface area contributed by atoms with Crippen LogP contribution in [-0.2, 0) is 18.0 Å². The summed E-state index contributed by atoms with van der Waals surface area (Å²) in [6.45, 7) is 0.119. The van der Waals surface area contributed by atoms with E-state index in [4.69, 9.17) is 4.74 Å². The number of amides is 1. The molecular weight excluding hydrogens is 292 g/mol. The van der Waals surface area contributed by atoms with Crippen molar-refractivity contribution in [2.24, 2.45) is 0 Å². The molecule has 0 fully saturated rings. The van der Waals surface area contributed by atoms with Gasteiger partial charge in [-0.15, -0.1) is 0 Å². The van der Waals surface area contributed by atoms with Crippen LogP contribution in [0.3, 0.4) is 0 Å². The fourth-order valence-corrected chi connectivity index (χ4v) is 2.34. The van der Waals surface area contributed by atoms with Crippen LogP contribution in [0.15, 0.2) is 60.8 Å². The maximum atomic E-state index is 12.0. The van der Waals surface area contributed by atoms with Gasteiger partial charge in [-0.1, -0.05) is 42.5 Å². The van der Waals surface area contributed by atoms with Crippen molar-refractivity contribution in [1.29, 1.82) is 0 Å². The third kappa shape index (κ3) is 3.46. The average Bonchev–Trinajstić information content (AvgIpc) is 2.61. The highest BCUT2D eigenvalue weighted by Gasteiger charge is 2.10. The second-order valence-corrected chi connectivity index (χ2v) is 5.02. The summed E-state index contributed by atoms with van der Waals surface area (Å²) in [6.07, 6.45) is 1.10. The van der Waals surface area contributed by atoms with Gasteiger partial charge in [-0.3, -0.25) is 10.3 Å². The first kappa shape index (κ1) is 15.0. The van der Waals surface area contributed by atoms with Gasteiger partial charge in [0.05, 0.1) is 17.8 Å². The fourth-order valence-electron chi connectivity index (χ4n) is 2.34. The smallest absolute Gasteiger partial charge is 0.412 e. The quantitative estimate of drug-likeness (QED) is 0.774. The molecule has 3 aromatic rings. The van der Waals surface area contributed by atoms with Gasteiger partial charge in [-0.2, -0.15) is 0 Å². The second-order valence-electron chi connectivity index (χ2n) is 5.02. The molecule has 0 unspecified atom stereocenters. The van der Waals surface area contributed by atoms with Crippen LogP contribution < -0.4 is 5.32 Å². The first-order valence-corrected chi connectivity index (χ1v) is 7.23. The van der Waals surface area contributed by atoms with Gasteiger partial charge in [0, 0.05) is 11.6 Å². The van der Waals surface area contributed by atoms with Gasteiger partial charge in [-0.25, -0.2) is 4.79 Å². The first-order valence-electron chi connectivity index (χ1n) is 7.23. The Morgan fingerprint density at radius 1 is 1.09 bits per heavy atom. The summed E-state index contributed by atoms with van der Waals surface area (Å²) >= 11 is 0. The van der Waals surface area contributed by atoms with E-state index in [9.17, 15) is 9.90 Å². The second kappa shape index (κ2) is 6.89. The maximum Gasteiger partial charge on any atom is 0.412 e. The Labute approximate surface area is 133 Å². The summed E-state index contributed by atoms with van der Waals surface area (Å²) in [5.41, 5.74) is 2.85. The Kier molecular flexibility index (Phi) is 4.49. The number of rotatable bonds is 4. The van der Waals surface area contributed by atoms with Crippen LogP contribution >= 0.6 is 0 Å². The molecule has 3 rings (SSSR count). The predicted molar refractivity (Wildman–Crippen MR) is 87.9 cm³/mol. The van der Waals surface area contributed by atoms with Gasteiger partial charge < -0.3 is 9.84 Å². The highest BCUT2D eigenvalue weighted by molar-refractivity contribution is 5.99. The van der Waals surface area contributed by atoms with Gasteiger partial charge in [0.15, 0.2) is 0 Å². The summed E-state index contributed by atoms with van der Waals surface area (Å²) in [4.78, 5) is 16.3. The number of anilines is 1. The zero-order valence-corrected chi connectivity index (χ0v) is 12.4. The van der Waals surface area contributed by atoms with Gasteiger partial charge in [0.25, 0.3) is 0 Å². The lowest BCUT2D eigenvalue weighted by molar-refractivity contribution is 0.155. The van der Waals surface area contributed by atoms with Crippen LogP contribution in [-0.4, -0.2) is 16.2 Å². The number of fused-ring (bicyclic) bond motifs is 1. The van der Waals surface area contributed by atoms with Crippen LogP contribution in [0, 0.1) is 0 Å². The van der Waals surface area contributed by atoms with Gasteiger partial charge in [-0.05, 0) is 23.3 Å². The van der Waals surface area contributed by atoms with Crippen LogP contribution in [0.1, 0.15) is 11.1 Å². The molecule has 0 spiro atoms. The lowest BCUT2D eigenvalue weighted by atomic mass is 10.1. The molecule has 23 heavy (non-hydrogen) atoms. The van der Waals surface area contributed by atoms with Crippen LogP contribution in [0.25, 0.3) is 10.9 Å². The summed E-state index contributed by atoms with van der Waals surface area (Å²) in [5, 5.41) is 12.9. The van der Waals surface area contributed by atoms with Crippen molar-refractivity contribution in [3.05, 3.63) is 71.9 Å². The third-order valence-electron chi connectivity index (χ3n) is 3.48. The van der Waals surface area contributed by atoms with Crippen molar-refractivity contribution in [1.82, 2.24) is 4.98 Å². The Morgan fingerprint density at radius 2 is 1.91 bits per heavy atom. The fraction of sp³-hybridized carbons (Fsp3) is 0.111. The number of carbonyl (C=O) groups excluding carboxylic acids is 1. The van der Waals surface area contributed by atoms with Crippen LogP contribution in [0.5, 0.6) is 0 Å². The standard InChI is InChI=1S/C18H16N2O3/c21-11-14-8-9-16(17-15(14)7-4-10-19-17)20-18(22)23-12-13-5-2-1-3-6-13/h1-10,21H,11-12H2,(H,20,22). The van der Waals surface area contributed by atoms with E-state index in [-0.39, 0.29) is 13.2 Å². The van der Waals surface area contributed by atoms with Crippen molar-refractivity contribution >= 4 is 22.7 Å². The van der Waals surface area contributed by atoms with E-state index in [0.717, 1.165) is 16.5 Å². The Morgan fingerprint density at radius 3 is 2.70 bits per heavy atom. The highest BCUT2D eigenvalue weighted by Crippen LogP contribution is 2.25. The molecule has 2 N–H and O–H groups in total. The SMILES string of the molecule is O=C(Nc1ccc(CO)c2cccnc12)OCc1ccccc1. The summed E-state index contributed by atoms with van der Waals surface area (Å²) in [7, 11) is 0. The molecule has 0 saturated carbocycles. The van der Waals surface area contributed by atoms with E-state index in [0.29, 0.717) is 11.2 Å². The number of aromatic nitrogens is 1. The Hall–Kier alpha value is -2.92. The largest absolute Gasteiger partial charge is 0.444 e. The Bertz CT molecular complexity index is 819. The first-order chi connectivity index (χ1) is 11.3. The monoisotopic (exact) mass is 308 g/mol. The van der Waals surface area contributed by atoms with E-state index in [2.05, 4.69) is 10.3 Å². The van der Waals surface area contributed by atoms with Gasteiger partial charge in [0.2, 0.25) is 0 Å². The number of aliphatic hydroxyl groups is 1. The lowest BCUT2D eigenvalue weighted by Crippen LogP contribution is -2.14. The van der Waals surface area contributed by atoms with Gasteiger partial charge in [0.1, 0.15) is 6.61 Å². The molecule has 0 atom stereocenters. The zero-order chi connectivity index (χ0) is 16.1.